The summed E-state index contributed by atoms with van der Waals surface area (Å²) in [5.74, 6) is 0.180. The first-order valence-corrected chi connectivity index (χ1v) is 4.87. The van der Waals surface area contributed by atoms with Crippen LogP contribution in [0.25, 0.3) is 0 Å². The van der Waals surface area contributed by atoms with Gasteiger partial charge in [0.05, 0.1) is 5.02 Å². The molecule has 1 unspecified atom stereocenters. The second-order valence-corrected chi connectivity index (χ2v) is 3.76. The van der Waals surface area contributed by atoms with Gasteiger partial charge in [-0.25, -0.2) is 0 Å². The molecule has 0 radical (unpaired) electrons. The van der Waals surface area contributed by atoms with Gasteiger partial charge in [-0.15, -0.1) is 0 Å². The molecule has 0 aliphatic carbocycles. The molecule has 70 valence electrons. The maximum absolute atomic E-state index is 9.38. The first-order chi connectivity index (χ1) is 6.22. The molecule has 1 aromatic rings. The number of rotatable bonds is 1. The van der Waals surface area contributed by atoms with Crippen molar-refractivity contribution in [2.75, 3.05) is 5.32 Å². The molecule has 1 aliphatic rings. The van der Waals surface area contributed by atoms with Gasteiger partial charge in [-0.2, -0.15) is 0 Å². The Balaban J connectivity index is 2.40. The molecule has 0 saturated carbocycles. The topological polar surface area (TPSA) is 32.3 Å². The van der Waals surface area contributed by atoms with Crippen molar-refractivity contribution in [3.05, 3.63) is 22.7 Å². The van der Waals surface area contributed by atoms with Crippen molar-refractivity contribution in [3.63, 3.8) is 0 Å². The van der Waals surface area contributed by atoms with Gasteiger partial charge in [-0.05, 0) is 30.5 Å². The summed E-state index contributed by atoms with van der Waals surface area (Å²) in [7, 11) is 0. The normalized spacial score (nSPS) is 19.7. The van der Waals surface area contributed by atoms with E-state index in [1.54, 1.807) is 6.07 Å². The zero-order valence-corrected chi connectivity index (χ0v) is 8.23. The molecule has 0 bridgehead atoms. The maximum Gasteiger partial charge on any atom is 0.134 e. The molecule has 0 aromatic heterocycles. The molecule has 1 aliphatic heterocycles. The van der Waals surface area contributed by atoms with Crippen LogP contribution in [-0.2, 0) is 6.42 Å². The molecule has 13 heavy (non-hydrogen) atoms. The summed E-state index contributed by atoms with van der Waals surface area (Å²) in [5, 5.41) is 13.2. The van der Waals surface area contributed by atoms with Crippen LogP contribution in [0.3, 0.4) is 0 Å². The molecule has 3 heteroatoms. The van der Waals surface area contributed by atoms with Gasteiger partial charge in [0, 0.05) is 11.7 Å². The molecular formula is C10H12ClNO. The van der Waals surface area contributed by atoms with Gasteiger partial charge in [0.2, 0.25) is 0 Å². The smallest absolute Gasteiger partial charge is 0.134 e. The van der Waals surface area contributed by atoms with E-state index in [-0.39, 0.29) is 5.75 Å². The van der Waals surface area contributed by atoms with E-state index in [4.69, 9.17) is 11.6 Å². The van der Waals surface area contributed by atoms with E-state index >= 15 is 0 Å². The fourth-order valence-corrected chi connectivity index (χ4v) is 1.95. The van der Waals surface area contributed by atoms with Gasteiger partial charge in [0.1, 0.15) is 5.75 Å². The fourth-order valence-electron chi connectivity index (χ4n) is 1.71. The quantitative estimate of drug-likeness (QED) is 0.679. The SMILES string of the molecule is CCC1Cc2c(ccc(O)c2Cl)N1. The minimum absolute atomic E-state index is 0.180. The summed E-state index contributed by atoms with van der Waals surface area (Å²) >= 11 is 5.97. The minimum atomic E-state index is 0.180. The summed E-state index contributed by atoms with van der Waals surface area (Å²) < 4.78 is 0. The minimum Gasteiger partial charge on any atom is -0.506 e. The highest BCUT2D eigenvalue weighted by Gasteiger charge is 2.22. The van der Waals surface area contributed by atoms with Gasteiger partial charge in [-0.1, -0.05) is 18.5 Å². The van der Waals surface area contributed by atoms with Crippen molar-refractivity contribution in [2.24, 2.45) is 0 Å². The predicted octanol–water partition coefficient (Wildman–Crippen LogP) is 2.79. The number of nitrogens with one attached hydrogen (secondary N) is 1. The van der Waals surface area contributed by atoms with Crippen LogP contribution in [0.1, 0.15) is 18.9 Å². The van der Waals surface area contributed by atoms with Crippen LogP contribution in [0.5, 0.6) is 5.75 Å². The third-order valence-corrected chi connectivity index (χ3v) is 2.95. The summed E-state index contributed by atoms with van der Waals surface area (Å²) in [6.07, 6.45) is 1.99. The number of hydrogen-bond donors (Lipinski definition) is 2. The van der Waals surface area contributed by atoms with Gasteiger partial charge < -0.3 is 10.4 Å². The van der Waals surface area contributed by atoms with Crippen LogP contribution in [0.15, 0.2) is 12.1 Å². The Morgan fingerprint density at radius 1 is 1.62 bits per heavy atom. The van der Waals surface area contributed by atoms with E-state index in [2.05, 4.69) is 12.2 Å². The number of fused-ring (bicyclic) bond motifs is 1. The average Bonchev–Trinajstić information content (AvgIpc) is 2.55. The molecule has 2 nitrogen and oxygen atoms in total. The monoisotopic (exact) mass is 197 g/mol. The molecule has 0 fully saturated rings. The third kappa shape index (κ3) is 1.35. The molecule has 2 rings (SSSR count). The average molecular weight is 198 g/mol. The van der Waals surface area contributed by atoms with Crippen molar-refractivity contribution in [2.45, 2.75) is 25.8 Å². The standard InChI is InChI=1S/C10H12ClNO/c1-2-6-5-7-8(12-6)3-4-9(13)10(7)11/h3-4,6,12-13H,2,5H2,1H3. The number of phenols is 1. The molecule has 0 saturated heterocycles. The Morgan fingerprint density at radius 2 is 2.38 bits per heavy atom. The van der Waals surface area contributed by atoms with Crippen LogP contribution < -0.4 is 5.32 Å². The van der Waals surface area contributed by atoms with Crippen LogP contribution in [0.2, 0.25) is 5.02 Å². The fraction of sp³-hybridized carbons (Fsp3) is 0.400. The Kier molecular flexibility index (Phi) is 2.08. The van der Waals surface area contributed by atoms with E-state index < -0.39 is 0 Å². The summed E-state index contributed by atoms with van der Waals surface area (Å²) in [6, 6.07) is 3.98. The first kappa shape index (κ1) is 8.70. The number of aromatic hydroxyl groups is 1. The van der Waals surface area contributed by atoms with Crippen LogP contribution >= 0.6 is 11.6 Å². The van der Waals surface area contributed by atoms with E-state index in [0.717, 1.165) is 24.1 Å². The second-order valence-electron chi connectivity index (χ2n) is 3.38. The zero-order chi connectivity index (χ0) is 9.42. The molecular weight excluding hydrogens is 186 g/mol. The highest BCUT2D eigenvalue weighted by Crippen LogP contribution is 2.37. The van der Waals surface area contributed by atoms with Crippen molar-refractivity contribution >= 4 is 17.3 Å². The highest BCUT2D eigenvalue weighted by atomic mass is 35.5. The van der Waals surface area contributed by atoms with Crippen molar-refractivity contribution < 1.29 is 5.11 Å². The number of hydrogen-bond acceptors (Lipinski definition) is 2. The van der Waals surface area contributed by atoms with Crippen molar-refractivity contribution in [1.29, 1.82) is 0 Å². The molecule has 1 atom stereocenters. The first-order valence-electron chi connectivity index (χ1n) is 4.49. The van der Waals surface area contributed by atoms with E-state index in [1.807, 2.05) is 6.07 Å². The Morgan fingerprint density at radius 3 is 3.08 bits per heavy atom. The van der Waals surface area contributed by atoms with Crippen LogP contribution in [0.4, 0.5) is 5.69 Å². The zero-order valence-electron chi connectivity index (χ0n) is 7.47. The number of phenolic OH excluding ortho intramolecular Hbond substituents is 1. The van der Waals surface area contributed by atoms with Crippen LogP contribution in [-0.4, -0.2) is 11.1 Å². The van der Waals surface area contributed by atoms with Gasteiger partial charge in [0.25, 0.3) is 0 Å². The molecule has 1 aromatic carbocycles. The maximum atomic E-state index is 9.38. The van der Waals surface area contributed by atoms with E-state index in [9.17, 15) is 5.11 Å². The number of benzene rings is 1. The Hall–Kier alpha value is -0.890. The lowest BCUT2D eigenvalue weighted by atomic mass is 10.1. The number of halogens is 1. The van der Waals surface area contributed by atoms with E-state index in [1.165, 1.54) is 0 Å². The van der Waals surface area contributed by atoms with Gasteiger partial charge in [0.15, 0.2) is 0 Å². The van der Waals surface area contributed by atoms with Gasteiger partial charge in [-0.3, -0.25) is 0 Å². The Bertz CT molecular complexity index is 338. The lowest BCUT2D eigenvalue weighted by Crippen LogP contribution is -2.12. The van der Waals surface area contributed by atoms with Crippen molar-refractivity contribution in [3.8, 4) is 5.75 Å². The highest BCUT2D eigenvalue weighted by molar-refractivity contribution is 6.33. The van der Waals surface area contributed by atoms with Crippen molar-refractivity contribution in [1.82, 2.24) is 0 Å². The number of anilines is 1. The second kappa shape index (κ2) is 3.11. The van der Waals surface area contributed by atoms with Gasteiger partial charge >= 0.3 is 0 Å². The lowest BCUT2D eigenvalue weighted by molar-refractivity contribution is 0.475. The van der Waals surface area contributed by atoms with Crippen LogP contribution in [0, 0.1) is 0 Å². The van der Waals surface area contributed by atoms with E-state index in [0.29, 0.717) is 11.1 Å². The summed E-state index contributed by atoms with van der Waals surface area (Å²) in [4.78, 5) is 0. The molecule has 0 amide bonds. The summed E-state index contributed by atoms with van der Waals surface area (Å²) in [5.41, 5.74) is 2.11. The third-order valence-electron chi connectivity index (χ3n) is 2.53. The molecule has 0 spiro atoms. The molecule has 2 N–H and O–H groups in total. The predicted molar refractivity (Wildman–Crippen MR) is 54.5 cm³/mol. The largest absolute Gasteiger partial charge is 0.506 e. The lowest BCUT2D eigenvalue weighted by Gasteiger charge is -2.05. The molecule has 1 heterocycles. The summed E-state index contributed by atoms with van der Waals surface area (Å²) in [6.45, 7) is 2.14. The Labute approximate surface area is 82.5 Å².